The zero-order valence-electron chi connectivity index (χ0n) is 10.9. The van der Waals surface area contributed by atoms with Crippen LogP contribution in [0.3, 0.4) is 0 Å². The SMILES string of the molecule is Cn1nc(C(C)(C)C)cc1N1CC(N)CC1=O. The number of nitrogens with two attached hydrogens (primary N) is 1. The molecule has 1 aromatic heterocycles. The molecule has 0 bridgehead atoms. The highest BCUT2D eigenvalue weighted by atomic mass is 16.2. The minimum absolute atomic E-state index is 0.0130. The summed E-state index contributed by atoms with van der Waals surface area (Å²) in [5.74, 6) is 0.925. The third-order valence-electron chi connectivity index (χ3n) is 3.06. The van der Waals surface area contributed by atoms with Crippen molar-refractivity contribution < 1.29 is 4.79 Å². The molecular formula is C12H20N4O. The van der Waals surface area contributed by atoms with Gasteiger partial charge in [-0.05, 0) is 0 Å². The highest BCUT2D eigenvalue weighted by molar-refractivity contribution is 5.95. The maximum Gasteiger partial charge on any atom is 0.229 e. The number of carbonyl (C=O) groups is 1. The van der Waals surface area contributed by atoms with Gasteiger partial charge in [0.1, 0.15) is 5.82 Å². The minimum atomic E-state index is -0.0597. The first kappa shape index (κ1) is 12.1. The fourth-order valence-corrected chi connectivity index (χ4v) is 2.03. The van der Waals surface area contributed by atoms with E-state index in [4.69, 9.17) is 5.73 Å². The molecule has 2 N–H and O–H groups in total. The molecule has 5 nitrogen and oxygen atoms in total. The summed E-state index contributed by atoms with van der Waals surface area (Å²) in [6.45, 7) is 6.91. The van der Waals surface area contributed by atoms with Gasteiger partial charge in [0.25, 0.3) is 0 Å². The summed E-state index contributed by atoms with van der Waals surface area (Å²) in [5, 5.41) is 4.47. The maximum atomic E-state index is 11.8. The van der Waals surface area contributed by atoms with E-state index in [2.05, 4.69) is 25.9 Å². The molecule has 1 atom stereocenters. The second kappa shape index (κ2) is 3.84. The topological polar surface area (TPSA) is 64.2 Å². The van der Waals surface area contributed by atoms with Crippen LogP contribution in [0.4, 0.5) is 5.82 Å². The van der Waals surface area contributed by atoms with Crippen LogP contribution < -0.4 is 10.6 Å². The van der Waals surface area contributed by atoms with Gasteiger partial charge in [-0.25, -0.2) is 0 Å². The second-order valence-electron chi connectivity index (χ2n) is 5.73. The van der Waals surface area contributed by atoms with Crippen LogP contribution in [0.1, 0.15) is 32.9 Å². The lowest BCUT2D eigenvalue weighted by Gasteiger charge is -2.15. The quantitative estimate of drug-likeness (QED) is 0.783. The number of hydrogen-bond acceptors (Lipinski definition) is 3. The van der Waals surface area contributed by atoms with E-state index in [0.29, 0.717) is 13.0 Å². The molecule has 0 aromatic carbocycles. The molecule has 0 radical (unpaired) electrons. The van der Waals surface area contributed by atoms with Gasteiger partial charge in [0, 0.05) is 37.5 Å². The van der Waals surface area contributed by atoms with Gasteiger partial charge in [-0.3, -0.25) is 14.4 Å². The summed E-state index contributed by atoms with van der Waals surface area (Å²) in [6.07, 6.45) is 0.427. The second-order valence-corrected chi connectivity index (χ2v) is 5.73. The van der Waals surface area contributed by atoms with E-state index in [-0.39, 0.29) is 17.4 Å². The Balaban J connectivity index is 2.34. The molecule has 1 aliphatic rings. The summed E-state index contributed by atoms with van der Waals surface area (Å²) < 4.78 is 1.76. The van der Waals surface area contributed by atoms with Crippen LogP contribution >= 0.6 is 0 Å². The molecule has 0 spiro atoms. The predicted octanol–water partition coefficient (Wildman–Crippen LogP) is 0.782. The molecule has 1 aliphatic heterocycles. The van der Waals surface area contributed by atoms with Crippen molar-refractivity contribution in [2.24, 2.45) is 12.8 Å². The zero-order valence-corrected chi connectivity index (χ0v) is 10.9. The van der Waals surface area contributed by atoms with Crippen LogP contribution in [0.25, 0.3) is 0 Å². The van der Waals surface area contributed by atoms with Crippen molar-refractivity contribution in [3.63, 3.8) is 0 Å². The lowest BCUT2D eigenvalue weighted by molar-refractivity contribution is -0.117. The monoisotopic (exact) mass is 236 g/mol. The highest BCUT2D eigenvalue weighted by Gasteiger charge is 2.31. The van der Waals surface area contributed by atoms with Crippen molar-refractivity contribution in [3.8, 4) is 0 Å². The van der Waals surface area contributed by atoms with E-state index in [1.807, 2.05) is 13.1 Å². The Hall–Kier alpha value is -1.36. The number of hydrogen-bond donors (Lipinski definition) is 1. The number of anilines is 1. The van der Waals surface area contributed by atoms with E-state index < -0.39 is 0 Å². The Bertz CT molecular complexity index is 444. The largest absolute Gasteiger partial charge is 0.326 e. The number of aryl methyl sites for hydroxylation is 1. The molecule has 1 saturated heterocycles. The highest BCUT2D eigenvalue weighted by Crippen LogP contribution is 2.27. The van der Waals surface area contributed by atoms with E-state index >= 15 is 0 Å². The van der Waals surface area contributed by atoms with Crippen LogP contribution in [-0.4, -0.2) is 28.3 Å². The van der Waals surface area contributed by atoms with Gasteiger partial charge >= 0.3 is 0 Å². The molecule has 1 amide bonds. The summed E-state index contributed by atoms with van der Waals surface area (Å²) in [4.78, 5) is 13.5. The number of nitrogens with zero attached hydrogens (tertiary/aromatic N) is 3. The van der Waals surface area contributed by atoms with E-state index in [0.717, 1.165) is 11.5 Å². The van der Waals surface area contributed by atoms with Gasteiger partial charge in [0.2, 0.25) is 5.91 Å². The fraction of sp³-hybridized carbons (Fsp3) is 0.667. The standard InChI is InChI=1S/C12H20N4O/c1-12(2,3)9-6-10(15(4)14-9)16-7-8(13)5-11(16)17/h6,8H,5,7,13H2,1-4H3. The summed E-state index contributed by atoms with van der Waals surface area (Å²) in [7, 11) is 1.86. The molecule has 1 fully saturated rings. The summed E-state index contributed by atoms with van der Waals surface area (Å²) >= 11 is 0. The normalized spacial score (nSPS) is 21.4. The Morgan fingerprint density at radius 3 is 2.53 bits per heavy atom. The first-order chi connectivity index (χ1) is 7.79. The third-order valence-corrected chi connectivity index (χ3v) is 3.06. The van der Waals surface area contributed by atoms with Gasteiger partial charge in [-0.1, -0.05) is 20.8 Å². The molecule has 94 valence electrons. The Labute approximate surface area is 102 Å². The number of rotatable bonds is 1. The van der Waals surface area contributed by atoms with Crippen LogP contribution in [0.5, 0.6) is 0 Å². The summed E-state index contributed by atoms with van der Waals surface area (Å²) in [5.41, 5.74) is 6.78. The van der Waals surface area contributed by atoms with Gasteiger partial charge in [0.15, 0.2) is 0 Å². The Kier molecular flexibility index (Phi) is 2.73. The molecule has 5 heteroatoms. The van der Waals surface area contributed by atoms with Crippen LogP contribution in [0, 0.1) is 0 Å². The smallest absolute Gasteiger partial charge is 0.229 e. The molecular weight excluding hydrogens is 216 g/mol. The van der Waals surface area contributed by atoms with E-state index in [9.17, 15) is 4.79 Å². The molecule has 0 aliphatic carbocycles. The lowest BCUT2D eigenvalue weighted by atomic mass is 9.92. The zero-order chi connectivity index (χ0) is 12.8. The van der Waals surface area contributed by atoms with Gasteiger partial charge in [0.05, 0.1) is 5.69 Å². The predicted molar refractivity (Wildman–Crippen MR) is 66.9 cm³/mol. The first-order valence-electron chi connectivity index (χ1n) is 5.89. The van der Waals surface area contributed by atoms with Crippen molar-refractivity contribution in [1.29, 1.82) is 0 Å². The van der Waals surface area contributed by atoms with E-state index in [1.54, 1.807) is 9.58 Å². The van der Waals surface area contributed by atoms with Crippen LogP contribution in [0.15, 0.2) is 6.07 Å². The minimum Gasteiger partial charge on any atom is -0.326 e. The molecule has 2 rings (SSSR count). The molecule has 2 heterocycles. The van der Waals surface area contributed by atoms with Crippen LogP contribution in [-0.2, 0) is 17.3 Å². The average Bonchev–Trinajstić information content (AvgIpc) is 2.68. The van der Waals surface area contributed by atoms with Crippen molar-refractivity contribution in [3.05, 3.63) is 11.8 Å². The van der Waals surface area contributed by atoms with Crippen molar-refractivity contribution in [1.82, 2.24) is 9.78 Å². The third kappa shape index (κ3) is 2.20. The number of amides is 1. The number of aromatic nitrogens is 2. The van der Waals surface area contributed by atoms with Crippen molar-refractivity contribution in [2.45, 2.75) is 38.6 Å². The van der Waals surface area contributed by atoms with Gasteiger partial charge in [-0.2, -0.15) is 5.10 Å². The first-order valence-corrected chi connectivity index (χ1v) is 5.89. The van der Waals surface area contributed by atoms with Crippen molar-refractivity contribution in [2.75, 3.05) is 11.4 Å². The number of carbonyl (C=O) groups excluding carboxylic acids is 1. The molecule has 0 saturated carbocycles. The molecule has 1 aromatic rings. The molecule has 1 unspecified atom stereocenters. The lowest BCUT2D eigenvalue weighted by Crippen LogP contribution is -2.29. The van der Waals surface area contributed by atoms with Crippen LogP contribution in [0.2, 0.25) is 0 Å². The Morgan fingerprint density at radius 2 is 2.12 bits per heavy atom. The van der Waals surface area contributed by atoms with Gasteiger partial charge in [-0.15, -0.1) is 0 Å². The van der Waals surface area contributed by atoms with E-state index in [1.165, 1.54) is 0 Å². The van der Waals surface area contributed by atoms with Crippen molar-refractivity contribution >= 4 is 11.7 Å². The Morgan fingerprint density at radius 1 is 1.47 bits per heavy atom. The maximum absolute atomic E-state index is 11.8. The van der Waals surface area contributed by atoms with Gasteiger partial charge < -0.3 is 5.73 Å². The summed E-state index contributed by atoms with van der Waals surface area (Å²) in [6, 6.07) is 1.92. The molecule has 17 heavy (non-hydrogen) atoms. The average molecular weight is 236 g/mol. The fourth-order valence-electron chi connectivity index (χ4n) is 2.03.